The molecule has 0 saturated heterocycles. The van der Waals surface area contributed by atoms with Gasteiger partial charge in [-0.3, -0.25) is 10.1 Å². The number of hydrogen-bond acceptors (Lipinski definition) is 4. The summed E-state index contributed by atoms with van der Waals surface area (Å²) in [6.45, 7) is 1.07. The molecule has 0 spiro atoms. The molecule has 1 aliphatic rings. The van der Waals surface area contributed by atoms with Gasteiger partial charge < -0.3 is 4.90 Å². The number of nitrogens with zero attached hydrogens (tertiary/aromatic N) is 3. The zero-order chi connectivity index (χ0) is 13.9. The summed E-state index contributed by atoms with van der Waals surface area (Å²) in [5.74, 6) is 0.152. The van der Waals surface area contributed by atoms with Gasteiger partial charge in [-0.2, -0.15) is 0 Å². The zero-order valence-electron chi connectivity index (χ0n) is 11.3. The monoisotopic (exact) mass is 268 g/mol. The molecule has 0 fully saturated rings. The van der Waals surface area contributed by atoms with E-state index in [1.165, 1.54) is 11.3 Å². The second-order valence-electron chi connectivity index (χ2n) is 4.90. The largest absolute Gasteiger partial charge is 0.374 e. The van der Waals surface area contributed by atoms with E-state index < -0.39 is 0 Å². The maximum Gasteiger partial charge on any atom is 0.258 e. The van der Waals surface area contributed by atoms with Crippen LogP contribution in [-0.4, -0.2) is 29.5 Å². The van der Waals surface area contributed by atoms with Crippen LogP contribution in [0.25, 0.3) is 0 Å². The molecule has 2 heterocycles. The van der Waals surface area contributed by atoms with Gasteiger partial charge in [0, 0.05) is 37.2 Å². The molecule has 1 aromatic heterocycles. The fourth-order valence-corrected chi connectivity index (χ4v) is 2.46. The van der Waals surface area contributed by atoms with Gasteiger partial charge >= 0.3 is 0 Å². The molecular formula is C15H16N4O. The third-order valence-electron chi connectivity index (χ3n) is 3.48. The highest BCUT2D eigenvalue weighted by Gasteiger charge is 2.16. The van der Waals surface area contributed by atoms with Gasteiger partial charge in [0.1, 0.15) is 0 Å². The van der Waals surface area contributed by atoms with Crippen LogP contribution in [0.2, 0.25) is 0 Å². The summed E-state index contributed by atoms with van der Waals surface area (Å²) in [5, 5.41) is 2.70. The van der Waals surface area contributed by atoms with Crippen molar-refractivity contribution in [1.29, 1.82) is 0 Å². The van der Waals surface area contributed by atoms with E-state index in [2.05, 4.69) is 27.2 Å². The molecule has 3 rings (SSSR count). The van der Waals surface area contributed by atoms with Crippen LogP contribution in [0, 0.1) is 0 Å². The standard InChI is InChI=1S/C15H16N4O/c1-19-9-2-4-11-10-12(5-6-13(11)19)14(20)18-15-16-7-3-8-17-15/h3,5-8,10H,2,4,9H2,1H3,(H,16,17,18,20). The first-order valence-corrected chi connectivity index (χ1v) is 6.66. The maximum absolute atomic E-state index is 12.2. The number of hydrogen-bond donors (Lipinski definition) is 1. The lowest BCUT2D eigenvalue weighted by Gasteiger charge is -2.27. The molecule has 5 heteroatoms. The Morgan fingerprint density at radius 3 is 2.90 bits per heavy atom. The quantitative estimate of drug-likeness (QED) is 0.906. The van der Waals surface area contributed by atoms with Gasteiger partial charge in [0.05, 0.1) is 0 Å². The molecule has 102 valence electrons. The minimum absolute atomic E-state index is 0.174. The van der Waals surface area contributed by atoms with Crippen LogP contribution in [-0.2, 0) is 6.42 Å². The van der Waals surface area contributed by atoms with Crippen molar-refractivity contribution in [2.75, 3.05) is 23.8 Å². The summed E-state index contributed by atoms with van der Waals surface area (Å²) in [5.41, 5.74) is 3.08. The van der Waals surface area contributed by atoms with Gasteiger partial charge in [0.2, 0.25) is 5.95 Å². The molecule has 1 N–H and O–H groups in total. The minimum Gasteiger partial charge on any atom is -0.374 e. The zero-order valence-corrected chi connectivity index (χ0v) is 11.3. The molecule has 0 atom stereocenters. The Morgan fingerprint density at radius 2 is 2.10 bits per heavy atom. The predicted molar refractivity (Wildman–Crippen MR) is 78.0 cm³/mol. The number of aryl methyl sites for hydroxylation is 1. The molecule has 0 saturated carbocycles. The number of benzene rings is 1. The van der Waals surface area contributed by atoms with E-state index in [-0.39, 0.29) is 5.91 Å². The van der Waals surface area contributed by atoms with Crippen LogP contribution in [0.15, 0.2) is 36.7 Å². The van der Waals surface area contributed by atoms with Gasteiger partial charge in [0.15, 0.2) is 0 Å². The minimum atomic E-state index is -0.174. The van der Waals surface area contributed by atoms with Crippen molar-refractivity contribution in [3.8, 4) is 0 Å². The number of amides is 1. The Kier molecular flexibility index (Phi) is 3.33. The van der Waals surface area contributed by atoms with Crippen molar-refractivity contribution in [3.05, 3.63) is 47.8 Å². The molecule has 2 aromatic rings. The maximum atomic E-state index is 12.2. The summed E-state index contributed by atoms with van der Waals surface area (Å²) in [6.07, 6.45) is 5.34. The average molecular weight is 268 g/mol. The number of rotatable bonds is 2. The van der Waals surface area contributed by atoms with Crippen LogP contribution in [0.4, 0.5) is 11.6 Å². The van der Waals surface area contributed by atoms with E-state index in [1.54, 1.807) is 18.5 Å². The highest BCUT2D eigenvalue weighted by molar-refractivity contribution is 6.03. The summed E-state index contributed by atoms with van der Waals surface area (Å²) in [6, 6.07) is 7.53. The van der Waals surface area contributed by atoms with E-state index >= 15 is 0 Å². The molecule has 1 aromatic carbocycles. The third kappa shape index (κ3) is 2.47. The van der Waals surface area contributed by atoms with E-state index in [0.29, 0.717) is 11.5 Å². The highest BCUT2D eigenvalue weighted by atomic mass is 16.1. The van der Waals surface area contributed by atoms with Crippen molar-refractivity contribution in [3.63, 3.8) is 0 Å². The lowest BCUT2D eigenvalue weighted by molar-refractivity contribution is 0.102. The Hall–Kier alpha value is -2.43. The Morgan fingerprint density at radius 1 is 1.30 bits per heavy atom. The van der Waals surface area contributed by atoms with Crippen LogP contribution in [0.1, 0.15) is 22.3 Å². The van der Waals surface area contributed by atoms with Crippen LogP contribution < -0.4 is 10.2 Å². The van der Waals surface area contributed by atoms with E-state index in [1.807, 2.05) is 18.2 Å². The second kappa shape index (κ2) is 5.28. The van der Waals surface area contributed by atoms with Crippen molar-refractivity contribution < 1.29 is 4.79 Å². The molecule has 0 aliphatic carbocycles. The fraction of sp³-hybridized carbons (Fsp3) is 0.267. The van der Waals surface area contributed by atoms with E-state index in [4.69, 9.17) is 0 Å². The molecular weight excluding hydrogens is 252 g/mol. The Bertz CT molecular complexity index is 627. The molecule has 1 aliphatic heterocycles. The first-order chi connectivity index (χ1) is 9.74. The molecule has 20 heavy (non-hydrogen) atoms. The second-order valence-corrected chi connectivity index (χ2v) is 4.90. The summed E-state index contributed by atoms with van der Waals surface area (Å²) < 4.78 is 0. The van der Waals surface area contributed by atoms with E-state index in [9.17, 15) is 4.79 Å². The summed E-state index contributed by atoms with van der Waals surface area (Å²) in [4.78, 5) is 22.4. The number of carbonyl (C=O) groups excluding carboxylic acids is 1. The van der Waals surface area contributed by atoms with Crippen molar-refractivity contribution in [2.24, 2.45) is 0 Å². The van der Waals surface area contributed by atoms with Crippen LogP contribution in [0.3, 0.4) is 0 Å². The van der Waals surface area contributed by atoms with Crippen LogP contribution >= 0.6 is 0 Å². The summed E-state index contributed by atoms with van der Waals surface area (Å²) in [7, 11) is 2.08. The van der Waals surface area contributed by atoms with Gasteiger partial charge in [0.25, 0.3) is 5.91 Å². The number of anilines is 2. The first kappa shape index (κ1) is 12.6. The lowest BCUT2D eigenvalue weighted by atomic mass is 9.99. The number of carbonyl (C=O) groups is 1. The molecule has 0 unspecified atom stereocenters. The third-order valence-corrected chi connectivity index (χ3v) is 3.48. The van der Waals surface area contributed by atoms with E-state index in [0.717, 1.165) is 19.4 Å². The molecule has 1 amide bonds. The van der Waals surface area contributed by atoms with Gasteiger partial charge in [-0.15, -0.1) is 0 Å². The lowest BCUT2D eigenvalue weighted by Crippen LogP contribution is -2.25. The fourth-order valence-electron chi connectivity index (χ4n) is 2.46. The number of aromatic nitrogens is 2. The van der Waals surface area contributed by atoms with Gasteiger partial charge in [-0.1, -0.05) is 0 Å². The predicted octanol–water partition coefficient (Wildman–Crippen LogP) is 2.11. The normalized spacial score (nSPS) is 13.8. The van der Waals surface area contributed by atoms with Crippen molar-refractivity contribution in [2.45, 2.75) is 12.8 Å². The average Bonchev–Trinajstić information content (AvgIpc) is 2.48. The van der Waals surface area contributed by atoms with Crippen LogP contribution in [0.5, 0.6) is 0 Å². The molecule has 0 radical (unpaired) electrons. The van der Waals surface area contributed by atoms with Gasteiger partial charge in [-0.25, -0.2) is 9.97 Å². The number of nitrogens with one attached hydrogen (secondary N) is 1. The molecule has 5 nitrogen and oxygen atoms in total. The number of fused-ring (bicyclic) bond motifs is 1. The van der Waals surface area contributed by atoms with Gasteiger partial charge in [-0.05, 0) is 42.7 Å². The Labute approximate surface area is 117 Å². The first-order valence-electron chi connectivity index (χ1n) is 6.66. The SMILES string of the molecule is CN1CCCc2cc(C(=O)Nc3ncccn3)ccc21. The Balaban J connectivity index is 1.82. The topological polar surface area (TPSA) is 58.1 Å². The van der Waals surface area contributed by atoms with Crippen molar-refractivity contribution in [1.82, 2.24) is 9.97 Å². The summed E-state index contributed by atoms with van der Waals surface area (Å²) >= 11 is 0. The van der Waals surface area contributed by atoms with Crippen molar-refractivity contribution >= 4 is 17.5 Å². The molecule has 0 bridgehead atoms. The smallest absolute Gasteiger partial charge is 0.258 e. The highest BCUT2D eigenvalue weighted by Crippen LogP contribution is 2.26.